The number of rotatable bonds is 5. The van der Waals surface area contributed by atoms with E-state index in [2.05, 4.69) is 0 Å². The second kappa shape index (κ2) is 6.19. The first kappa shape index (κ1) is 15.4. The summed E-state index contributed by atoms with van der Waals surface area (Å²) in [6.07, 6.45) is 0. The second-order valence-corrected chi connectivity index (χ2v) is 8.26. The average molecular weight is 300 g/mol. The minimum absolute atomic E-state index is 0.318. The van der Waals surface area contributed by atoms with E-state index >= 15 is 0 Å². The van der Waals surface area contributed by atoms with E-state index in [0.29, 0.717) is 11.1 Å². The molecule has 0 amide bonds. The molecule has 21 heavy (non-hydrogen) atoms. The summed E-state index contributed by atoms with van der Waals surface area (Å²) in [6, 6.07) is 16.7. The Morgan fingerprint density at radius 1 is 0.762 bits per heavy atom. The molecule has 2 aromatic carbocycles. The minimum Gasteiger partial charge on any atom is -0.306 e. The van der Waals surface area contributed by atoms with Crippen molar-refractivity contribution in [2.24, 2.45) is 0 Å². The van der Waals surface area contributed by atoms with E-state index in [-0.39, 0.29) is 0 Å². The standard InChI is InChI=1S/C17H17O3P/c1-13(2)21(20,16(18)14-9-5-3-6-10-14)17(19)15-11-7-4-8-12-15/h3-13H,1-2H3. The van der Waals surface area contributed by atoms with Gasteiger partial charge in [0.1, 0.15) is 0 Å². The maximum Gasteiger partial charge on any atom is 0.229 e. The molecule has 0 atom stereocenters. The highest BCUT2D eigenvalue weighted by molar-refractivity contribution is 7.95. The molecule has 0 unspecified atom stereocenters. The van der Waals surface area contributed by atoms with Gasteiger partial charge < -0.3 is 4.57 Å². The predicted octanol–water partition coefficient (Wildman–Crippen LogP) is 4.44. The molecule has 0 aliphatic carbocycles. The molecule has 0 spiro atoms. The number of benzene rings is 2. The fraction of sp³-hybridized carbons (Fsp3) is 0.176. The van der Waals surface area contributed by atoms with Crippen LogP contribution in [-0.2, 0) is 4.57 Å². The summed E-state index contributed by atoms with van der Waals surface area (Å²) in [4.78, 5) is 25.3. The van der Waals surface area contributed by atoms with Crippen LogP contribution in [-0.4, -0.2) is 16.7 Å². The van der Waals surface area contributed by atoms with Gasteiger partial charge in [0.2, 0.25) is 18.2 Å². The van der Waals surface area contributed by atoms with Gasteiger partial charge in [0.05, 0.1) is 0 Å². The van der Waals surface area contributed by atoms with Crippen molar-refractivity contribution in [1.82, 2.24) is 0 Å². The summed E-state index contributed by atoms with van der Waals surface area (Å²) in [6.45, 7) is 3.31. The van der Waals surface area contributed by atoms with E-state index in [1.807, 2.05) is 0 Å². The van der Waals surface area contributed by atoms with Gasteiger partial charge in [-0.25, -0.2) is 0 Å². The molecule has 3 nitrogen and oxygen atoms in total. The highest BCUT2D eigenvalue weighted by Gasteiger charge is 2.43. The van der Waals surface area contributed by atoms with E-state index in [9.17, 15) is 14.2 Å². The van der Waals surface area contributed by atoms with Gasteiger partial charge in [0.15, 0.2) is 0 Å². The molecule has 0 aliphatic rings. The fourth-order valence-corrected chi connectivity index (χ4v) is 4.29. The van der Waals surface area contributed by atoms with Gasteiger partial charge in [0, 0.05) is 16.8 Å². The average Bonchev–Trinajstić information content (AvgIpc) is 2.54. The van der Waals surface area contributed by atoms with Gasteiger partial charge in [-0.2, -0.15) is 0 Å². The van der Waals surface area contributed by atoms with Crippen LogP contribution in [0.2, 0.25) is 0 Å². The predicted molar refractivity (Wildman–Crippen MR) is 84.3 cm³/mol. The molecule has 0 heterocycles. The summed E-state index contributed by atoms with van der Waals surface area (Å²) in [5.74, 6) is 0. The van der Waals surface area contributed by atoms with Crippen molar-refractivity contribution in [2.45, 2.75) is 19.5 Å². The van der Waals surface area contributed by atoms with Gasteiger partial charge in [-0.3, -0.25) is 9.59 Å². The number of hydrogen-bond acceptors (Lipinski definition) is 3. The molecule has 0 aliphatic heterocycles. The van der Waals surface area contributed by atoms with Crippen molar-refractivity contribution in [1.29, 1.82) is 0 Å². The molecule has 2 aromatic rings. The van der Waals surface area contributed by atoms with E-state index < -0.39 is 23.8 Å². The van der Waals surface area contributed by atoms with Crippen molar-refractivity contribution < 1.29 is 14.2 Å². The van der Waals surface area contributed by atoms with E-state index in [1.165, 1.54) is 0 Å². The van der Waals surface area contributed by atoms with Crippen LogP contribution in [0.1, 0.15) is 34.6 Å². The smallest absolute Gasteiger partial charge is 0.229 e. The summed E-state index contributed by atoms with van der Waals surface area (Å²) in [5.41, 5.74) is -1.02. The third-order valence-electron chi connectivity index (χ3n) is 3.37. The molecule has 0 saturated heterocycles. The Bertz CT molecular complexity index is 635. The van der Waals surface area contributed by atoms with Crippen LogP contribution in [0.25, 0.3) is 0 Å². The van der Waals surface area contributed by atoms with Crippen LogP contribution in [0, 0.1) is 0 Å². The summed E-state index contributed by atoms with van der Waals surface area (Å²) in [5, 5.41) is 0. The minimum atomic E-state index is -3.69. The third kappa shape index (κ3) is 2.88. The lowest BCUT2D eigenvalue weighted by atomic mass is 10.2. The van der Waals surface area contributed by atoms with Crippen LogP contribution in [0.3, 0.4) is 0 Å². The second-order valence-electron chi connectivity index (χ2n) is 5.09. The number of carbonyl (C=O) groups excluding carboxylic acids is 2. The van der Waals surface area contributed by atoms with Gasteiger partial charge in [-0.05, 0) is 0 Å². The lowest BCUT2D eigenvalue weighted by Gasteiger charge is -2.19. The molecule has 108 valence electrons. The van der Waals surface area contributed by atoms with Crippen molar-refractivity contribution in [3.8, 4) is 0 Å². The van der Waals surface area contributed by atoms with Crippen LogP contribution in [0.5, 0.6) is 0 Å². The zero-order valence-electron chi connectivity index (χ0n) is 12.0. The van der Waals surface area contributed by atoms with E-state index in [4.69, 9.17) is 0 Å². The maximum atomic E-state index is 13.2. The Labute approximate surface area is 124 Å². The lowest BCUT2D eigenvalue weighted by molar-refractivity contribution is 0.103. The number of hydrogen-bond donors (Lipinski definition) is 0. The first-order chi connectivity index (χ1) is 9.98. The van der Waals surface area contributed by atoms with Gasteiger partial charge in [-0.15, -0.1) is 0 Å². The molecule has 0 aromatic heterocycles. The Morgan fingerprint density at radius 3 is 1.38 bits per heavy atom. The zero-order valence-corrected chi connectivity index (χ0v) is 12.9. The van der Waals surface area contributed by atoms with E-state index in [0.717, 1.165) is 0 Å². The quantitative estimate of drug-likeness (QED) is 0.767. The molecular formula is C17H17O3P. The largest absolute Gasteiger partial charge is 0.306 e. The highest BCUT2D eigenvalue weighted by atomic mass is 31.2. The molecule has 0 bridgehead atoms. The van der Waals surface area contributed by atoms with Gasteiger partial charge in [0.25, 0.3) is 0 Å². The van der Waals surface area contributed by atoms with Crippen molar-refractivity contribution in [3.05, 3.63) is 71.8 Å². The maximum absolute atomic E-state index is 13.2. The summed E-state index contributed by atoms with van der Waals surface area (Å²) < 4.78 is 13.2. The van der Waals surface area contributed by atoms with Crippen molar-refractivity contribution in [2.75, 3.05) is 0 Å². The summed E-state index contributed by atoms with van der Waals surface area (Å²) in [7, 11) is -3.69. The number of carbonyl (C=O) groups is 2. The topological polar surface area (TPSA) is 51.2 Å². The van der Waals surface area contributed by atoms with Crippen LogP contribution < -0.4 is 0 Å². The molecule has 0 radical (unpaired) electrons. The third-order valence-corrected chi connectivity index (χ3v) is 6.55. The Hall–Kier alpha value is -1.99. The highest BCUT2D eigenvalue weighted by Crippen LogP contribution is 2.55. The monoisotopic (exact) mass is 300 g/mol. The first-order valence-electron chi connectivity index (χ1n) is 6.77. The Balaban J connectivity index is 2.50. The van der Waals surface area contributed by atoms with E-state index in [1.54, 1.807) is 74.5 Å². The van der Waals surface area contributed by atoms with Gasteiger partial charge >= 0.3 is 0 Å². The molecule has 0 saturated carbocycles. The Morgan fingerprint density at radius 2 is 1.10 bits per heavy atom. The fourth-order valence-electron chi connectivity index (χ4n) is 2.11. The molecule has 0 fully saturated rings. The molecule has 0 N–H and O–H groups in total. The van der Waals surface area contributed by atoms with Crippen LogP contribution in [0.4, 0.5) is 0 Å². The lowest BCUT2D eigenvalue weighted by Crippen LogP contribution is -2.17. The summed E-state index contributed by atoms with van der Waals surface area (Å²) >= 11 is 0. The van der Waals surface area contributed by atoms with Gasteiger partial charge in [-0.1, -0.05) is 74.5 Å². The van der Waals surface area contributed by atoms with Crippen LogP contribution in [0.15, 0.2) is 60.7 Å². The molecule has 4 heteroatoms. The van der Waals surface area contributed by atoms with Crippen molar-refractivity contribution in [3.63, 3.8) is 0 Å². The first-order valence-corrected chi connectivity index (χ1v) is 8.55. The molecule has 2 rings (SSSR count). The normalized spacial score (nSPS) is 11.4. The van der Waals surface area contributed by atoms with Crippen LogP contribution >= 0.6 is 7.14 Å². The Kier molecular flexibility index (Phi) is 4.54. The molecular weight excluding hydrogens is 283 g/mol. The SMILES string of the molecule is CC(C)P(=O)(C(=O)c1ccccc1)C(=O)c1ccccc1. The zero-order chi connectivity index (χ0) is 15.5. The van der Waals surface area contributed by atoms with Crippen molar-refractivity contribution >= 4 is 18.2 Å².